The first-order valence-electron chi connectivity index (χ1n) is 5.39. The topological polar surface area (TPSA) is 37.3 Å². The summed E-state index contributed by atoms with van der Waals surface area (Å²) in [4.78, 5) is 10.7. The van der Waals surface area contributed by atoms with Gasteiger partial charge in [-0.05, 0) is 25.2 Å². The molecule has 3 heteroatoms. The van der Waals surface area contributed by atoms with Crippen molar-refractivity contribution in [3.63, 3.8) is 0 Å². The fourth-order valence-corrected chi connectivity index (χ4v) is 2.02. The molecule has 0 amide bonds. The summed E-state index contributed by atoms with van der Waals surface area (Å²) in [6.07, 6.45) is 6.70. The average molecular weight is 212 g/mol. The van der Waals surface area contributed by atoms with Gasteiger partial charge in [0.2, 0.25) is 0 Å². The molecule has 14 heavy (non-hydrogen) atoms. The second kappa shape index (κ2) is 4.30. The van der Waals surface area contributed by atoms with Gasteiger partial charge in [0.1, 0.15) is 0 Å². The van der Waals surface area contributed by atoms with E-state index in [2.05, 4.69) is 25.7 Å². The first kappa shape index (κ1) is 11.5. The number of rotatable bonds is 1. The van der Waals surface area contributed by atoms with Crippen LogP contribution < -0.4 is 0 Å². The van der Waals surface area contributed by atoms with Crippen LogP contribution in [0, 0.1) is 11.3 Å². The summed E-state index contributed by atoms with van der Waals surface area (Å²) in [5.41, 5.74) is -0.454. The Morgan fingerprint density at radius 3 is 2.21 bits per heavy atom. The highest BCUT2D eigenvalue weighted by Gasteiger charge is 2.46. The first-order chi connectivity index (χ1) is 6.46. The smallest absolute Gasteiger partial charge is 0.313 e. The molecule has 0 saturated heterocycles. The van der Waals surface area contributed by atoms with Gasteiger partial charge in [-0.25, -0.2) is 0 Å². The fraction of sp³-hybridized carbons (Fsp3) is 0.727. The van der Waals surface area contributed by atoms with E-state index in [-0.39, 0.29) is 8.80 Å². The summed E-state index contributed by atoms with van der Waals surface area (Å²) < 4.78 is 0. The first-order valence-corrected chi connectivity index (χ1v) is 8.85. The van der Waals surface area contributed by atoms with Crippen LogP contribution in [0.3, 0.4) is 0 Å². The quantitative estimate of drug-likeness (QED) is 0.536. The average Bonchev–Trinajstić information content (AvgIpc) is 2.62. The number of carbonyl (C=O) groups is 1. The molecule has 2 aliphatic rings. The van der Waals surface area contributed by atoms with Crippen LogP contribution in [0.1, 0.15) is 19.3 Å². The third kappa shape index (κ3) is 2.47. The second-order valence-electron chi connectivity index (χ2n) is 5.06. The minimum absolute atomic E-state index is 0.139. The molecular weight excluding hydrogens is 192 g/mol. The van der Waals surface area contributed by atoms with Crippen molar-refractivity contribution >= 4 is 14.8 Å². The Bertz CT molecular complexity index is 245. The predicted molar refractivity (Wildman–Crippen MR) is 61.3 cm³/mol. The zero-order chi connectivity index (χ0) is 10.8. The van der Waals surface area contributed by atoms with Gasteiger partial charge in [0.15, 0.2) is 0 Å². The number of fused-ring (bicyclic) bond motifs is 2. The summed E-state index contributed by atoms with van der Waals surface area (Å²) in [6.45, 7) is 6.92. The summed E-state index contributed by atoms with van der Waals surface area (Å²) in [5, 5.41) is 8.84. The molecule has 2 bridgehead atoms. The lowest BCUT2D eigenvalue weighted by atomic mass is 9.88. The summed E-state index contributed by atoms with van der Waals surface area (Å²) in [5.74, 6) is -0.0696. The predicted octanol–water partition coefficient (Wildman–Crippen LogP) is 2.53. The number of carboxylic acid groups (broad SMARTS) is 1. The van der Waals surface area contributed by atoms with Crippen LogP contribution in [0.5, 0.6) is 0 Å². The highest BCUT2D eigenvalue weighted by molar-refractivity contribution is 6.54. The highest BCUT2D eigenvalue weighted by atomic mass is 28.3. The lowest BCUT2D eigenvalue weighted by molar-refractivity contribution is -0.145. The van der Waals surface area contributed by atoms with Gasteiger partial charge in [0, 0.05) is 8.80 Å². The minimum Gasteiger partial charge on any atom is -0.481 e. The third-order valence-electron chi connectivity index (χ3n) is 2.70. The Morgan fingerprint density at radius 1 is 1.50 bits per heavy atom. The lowest BCUT2D eigenvalue weighted by Crippen LogP contribution is -2.23. The van der Waals surface area contributed by atoms with Crippen LogP contribution >= 0.6 is 0 Å². The van der Waals surface area contributed by atoms with E-state index in [1.807, 2.05) is 6.08 Å². The molecule has 2 aliphatic carbocycles. The van der Waals surface area contributed by atoms with E-state index in [1.54, 1.807) is 0 Å². The third-order valence-corrected chi connectivity index (χ3v) is 2.70. The molecule has 0 spiro atoms. The summed E-state index contributed by atoms with van der Waals surface area (Å²) in [7, 11) is -0.139. The minimum atomic E-state index is -0.635. The van der Waals surface area contributed by atoms with Crippen LogP contribution in [0.25, 0.3) is 0 Å². The van der Waals surface area contributed by atoms with Gasteiger partial charge in [0.05, 0.1) is 5.41 Å². The maximum absolute atomic E-state index is 10.7. The molecule has 2 unspecified atom stereocenters. The molecule has 80 valence electrons. The number of carboxylic acids is 1. The Morgan fingerprint density at radius 2 is 2.07 bits per heavy atom. The number of aliphatic carboxylic acids is 1. The Hall–Kier alpha value is -0.573. The van der Waals surface area contributed by atoms with Gasteiger partial charge in [-0.1, -0.05) is 31.8 Å². The molecule has 0 radical (unpaired) electrons. The van der Waals surface area contributed by atoms with Crippen LogP contribution in [-0.2, 0) is 4.79 Å². The van der Waals surface area contributed by atoms with Gasteiger partial charge < -0.3 is 5.11 Å². The van der Waals surface area contributed by atoms with E-state index in [9.17, 15) is 4.79 Å². The van der Waals surface area contributed by atoms with Crippen molar-refractivity contribution in [1.82, 2.24) is 0 Å². The lowest BCUT2D eigenvalue weighted by Gasteiger charge is -2.15. The molecule has 0 aromatic rings. The molecule has 2 rings (SSSR count). The van der Waals surface area contributed by atoms with Crippen molar-refractivity contribution in [2.24, 2.45) is 11.3 Å². The molecule has 0 aromatic carbocycles. The fourth-order valence-electron chi connectivity index (χ4n) is 2.02. The molecular formula is C11H20O2Si. The van der Waals surface area contributed by atoms with Crippen molar-refractivity contribution in [3.8, 4) is 0 Å². The summed E-state index contributed by atoms with van der Waals surface area (Å²) in [6, 6.07) is 0. The SMILES string of the molecule is C[SiH](C)C.O=C(O)C12C=CC(CC1)C2. The number of hydrogen-bond donors (Lipinski definition) is 1. The largest absolute Gasteiger partial charge is 0.481 e. The maximum Gasteiger partial charge on any atom is 0.313 e. The zero-order valence-corrected chi connectivity index (χ0v) is 10.4. The normalized spacial score (nSPS) is 33.0. The number of hydrogen-bond acceptors (Lipinski definition) is 1. The molecule has 1 fully saturated rings. The van der Waals surface area contributed by atoms with Crippen LogP contribution in [-0.4, -0.2) is 19.9 Å². The van der Waals surface area contributed by atoms with E-state index in [0.717, 1.165) is 19.3 Å². The number of allylic oxidation sites excluding steroid dienone is 1. The molecule has 1 N–H and O–H groups in total. The van der Waals surface area contributed by atoms with E-state index in [4.69, 9.17) is 5.11 Å². The van der Waals surface area contributed by atoms with Gasteiger partial charge in [-0.2, -0.15) is 0 Å². The highest BCUT2D eigenvalue weighted by Crippen LogP contribution is 2.49. The monoisotopic (exact) mass is 212 g/mol. The van der Waals surface area contributed by atoms with Gasteiger partial charge in [0.25, 0.3) is 0 Å². The molecule has 0 heterocycles. The van der Waals surface area contributed by atoms with E-state index in [1.165, 1.54) is 0 Å². The molecule has 2 nitrogen and oxygen atoms in total. The molecule has 1 saturated carbocycles. The van der Waals surface area contributed by atoms with E-state index < -0.39 is 11.4 Å². The second-order valence-corrected chi connectivity index (χ2v) is 8.52. The Kier molecular flexibility index (Phi) is 3.53. The molecule has 0 aliphatic heterocycles. The Labute approximate surface area is 87.6 Å². The van der Waals surface area contributed by atoms with E-state index >= 15 is 0 Å². The van der Waals surface area contributed by atoms with Crippen LogP contribution in [0.2, 0.25) is 19.6 Å². The van der Waals surface area contributed by atoms with Crippen LogP contribution in [0.4, 0.5) is 0 Å². The van der Waals surface area contributed by atoms with Gasteiger partial charge >= 0.3 is 5.97 Å². The zero-order valence-electron chi connectivity index (χ0n) is 9.29. The van der Waals surface area contributed by atoms with Crippen molar-refractivity contribution in [1.29, 1.82) is 0 Å². The van der Waals surface area contributed by atoms with Gasteiger partial charge in [-0.3, -0.25) is 4.79 Å². The van der Waals surface area contributed by atoms with E-state index in [0.29, 0.717) is 5.92 Å². The van der Waals surface area contributed by atoms with Gasteiger partial charge in [-0.15, -0.1) is 0 Å². The van der Waals surface area contributed by atoms with Crippen molar-refractivity contribution in [2.45, 2.75) is 38.9 Å². The van der Waals surface area contributed by atoms with Crippen LogP contribution in [0.15, 0.2) is 12.2 Å². The molecule has 2 atom stereocenters. The van der Waals surface area contributed by atoms with Crippen molar-refractivity contribution in [2.75, 3.05) is 0 Å². The Balaban J connectivity index is 0.000000213. The van der Waals surface area contributed by atoms with Crippen molar-refractivity contribution in [3.05, 3.63) is 12.2 Å². The molecule has 0 aromatic heterocycles. The standard InChI is InChI=1S/C8H10O2.C3H10Si/c9-7(10)8-3-1-6(5-8)2-4-8;1-4(2)3/h1,3,6H,2,4-5H2,(H,9,10);4H,1-3H3. The summed E-state index contributed by atoms with van der Waals surface area (Å²) >= 11 is 0. The van der Waals surface area contributed by atoms with Crippen molar-refractivity contribution < 1.29 is 9.90 Å². The maximum atomic E-state index is 10.7.